The highest BCUT2D eigenvalue weighted by molar-refractivity contribution is 9.10. The van der Waals surface area contributed by atoms with E-state index in [0.29, 0.717) is 10.2 Å². The molecule has 1 unspecified atom stereocenters. The van der Waals surface area contributed by atoms with E-state index in [2.05, 4.69) is 27.6 Å². The van der Waals surface area contributed by atoms with Gasteiger partial charge >= 0.3 is 0 Å². The highest BCUT2D eigenvalue weighted by Crippen LogP contribution is 2.27. The molecule has 0 amide bonds. The van der Waals surface area contributed by atoms with Gasteiger partial charge in [-0.05, 0) is 24.6 Å². The topological polar surface area (TPSA) is 81.4 Å². The van der Waals surface area contributed by atoms with E-state index < -0.39 is 10.0 Å². The van der Waals surface area contributed by atoms with E-state index in [0.717, 1.165) is 19.3 Å². The minimum Gasteiger partial charge on any atom is -0.495 e. The Labute approximate surface area is 141 Å². The Morgan fingerprint density at radius 3 is 2.62 bits per heavy atom. The molecule has 1 atom stereocenters. The minimum atomic E-state index is -3.65. The van der Waals surface area contributed by atoms with Crippen molar-refractivity contribution < 1.29 is 13.2 Å². The number of rotatable bonds is 8. The quantitative estimate of drug-likeness (QED) is 0.701. The molecule has 21 heavy (non-hydrogen) atoms. The number of unbranched alkanes of at least 4 members (excludes halogenated alkanes) is 1. The summed E-state index contributed by atoms with van der Waals surface area (Å²) >= 11 is 3.27. The third-order valence-electron chi connectivity index (χ3n) is 2.93. The Morgan fingerprint density at radius 1 is 1.43 bits per heavy atom. The summed E-state index contributed by atoms with van der Waals surface area (Å²) in [5.41, 5.74) is 5.63. The molecule has 0 bridgehead atoms. The molecule has 1 rings (SSSR count). The van der Waals surface area contributed by atoms with Crippen molar-refractivity contribution in [3.05, 3.63) is 22.7 Å². The normalized spacial score (nSPS) is 12.6. The van der Waals surface area contributed by atoms with Gasteiger partial charge in [0.1, 0.15) is 10.6 Å². The van der Waals surface area contributed by atoms with Gasteiger partial charge in [0.05, 0.1) is 7.11 Å². The van der Waals surface area contributed by atoms with Crippen molar-refractivity contribution in [2.45, 2.75) is 37.1 Å². The fraction of sp³-hybridized carbons (Fsp3) is 0.538. The molecule has 0 spiro atoms. The molecule has 0 aliphatic rings. The fourth-order valence-electron chi connectivity index (χ4n) is 1.82. The van der Waals surface area contributed by atoms with Crippen LogP contribution in [0.15, 0.2) is 27.6 Å². The van der Waals surface area contributed by atoms with E-state index in [-0.39, 0.29) is 29.9 Å². The first-order valence-electron chi connectivity index (χ1n) is 6.50. The number of hydrogen-bond acceptors (Lipinski definition) is 4. The van der Waals surface area contributed by atoms with Gasteiger partial charge in [-0.3, -0.25) is 0 Å². The van der Waals surface area contributed by atoms with Gasteiger partial charge in [0.15, 0.2) is 0 Å². The predicted molar refractivity (Wildman–Crippen MR) is 90.6 cm³/mol. The zero-order valence-corrected chi connectivity index (χ0v) is 15.4. The number of nitrogens with two attached hydrogens (primary N) is 1. The van der Waals surface area contributed by atoms with Crippen LogP contribution in [-0.2, 0) is 10.0 Å². The molecule has 0 saturated heterocycles. The van der Waals surface area contributed by atoms with Crippen molar-refractivity contribution in [1.29, 1.82) is 0 Å². The number of ether oxygens (including phenoxy) is 1. The second-order valence-electron chi connectivity index (χ2n) is 4.49. The first kappa shape index (κ1) is 20.7. The van der Waals surface area contributed by atoms with Crippen molar-refractivity contribution in [2.24, 2.45) is 5.73 Å². The standard InChI is InChI=1S/C13H21BrN2O3S.ClH/c1-3-4-5-11(9-15)16-20(17,18)13-8-10(14)6-7-12(13)19-2;/h6-8,11,16H,3-5,9,15H2,1-2H3;1H. The number of benzene rings is 1. The maximum atomic E-state index is 12.4. The van der Waals surface area contributed by atoms with Crippen LogP contribution in [0.5, 0.6) is 5.75 Å². The Hall–Kier alpha value is -0.340. The first-order chi connectivity index (χ1) is 9.44. The van der Waals surface area contributed by atoms with E-state index in [9.17, 15) is 8.42 Å². The molecular formula is C13H22BrClN2O3S. The van der Waals surface area contributed by atoms with Crippen LogP contribution in [0.2, 0.25) is 0 Å². The van der Waals surface area contributed by atoms with Crippen molar-refractivity contribution in [3.8, 4) is 5.75 Å². The Balaban J connectivity index is 0.00000400. The Morgan fingerprint density at radius 2 is 2.10 bits per heavy atom. The minimum absolute atomic E-state index is 0. The highest BCUT2D eigenvalue weighted by atomic mass is 79.9. The van der Waals surface area contributed by atoms with Crippen molar-refractivity contribution >= 4 is 38.4 Å². The summed E-state index contributed by atoms with van der Waals surface area (Å²) in [6.07, 6.45) is 2.65. The summed E-state index contributed by atoms with van der Waals surface area (Å²) in [5.74, 6) is 0.312. The second kappa shape index (κ2) is 9.63. The van der Waals surface area contributed by atoms with E-state index in [1.165, 1.54) is 13.2 Å². The van der Waals surface area contributed by atoms with Crippen molar-refractivity contribution in [2.75, 3.05) is 13.7 Å². The van der Waals surface area contributed by atoms with E-state index in [1.54, 1.807) is 12.1 Å². The molecule has 0 saturated carbocycles. The summed E-state index contributed by atoms with van der Waals surface area (Å²) < 4.78 is 33.3. The van der Waals surface area contributed by atoms with Gasteiger partial charge in [0.2, 0.25) is 10.0 Å². The predicted octanol–water partition coefficient (Wildman–Crippen LogP) is 2.68. The maximum Gasteiger partial charge on any atom is 0.244 e. The van der Waals surface area contributed by atoms with Gasteiger partial charge in [-0.1, -0.05) is 35.7 Å². The molecule has 0 radical (unpaired) electrons. The SMILES string of the molecule is CCCCC(CN)NS(=O)(=O)c1cc(Br)ccc1OC.Cl. The molecule has 3 N–H and O–H groups in total. The van der Waals surface area contributed by atoms with Crippen LogP contribution in [0.3, 0.4) is 0 Å². The van der Waals surface area contributed by atoms with Gasteiger partial charge < -0.3 is 10.5 Å². The molecule has 0 aromatic heterocycles. The number of methoxy groups -OCH3 is 1. The summed E-state index contributed by atoms with van der Waals surface area (Å²) in [6, 6.07) is 4.61. The van der Waals surface area contributed by atoms with Crippen LogP contribution in [0.1, 0.15) is 26.2 Å². The summed E-state index contributed by atoms with van der Waals surface area (Å²) in [6.45, 7) is 2.33. The third kappa shape index (κ3) is 6.12. The number of sulfonamides is 1. The lowest BCUT2D eigenvalue weighted by Gasteiger charge is -2.18. The summed E-state index contributed by atoms with van der Waals surface area (Å²) in [7, 11) is -2.21. The van der Waals surface area contributed by atoms with Gasteiger partial charge in [-0.15, -0.1) is 12.4 Å². The molecule has 0 aliphatic heterocycles. The van der Waals surface area contributed by atoms with Crippen molar-refractivity contribution in [1.82, 2.24) is 4.72 Å². The monoisotopic (exact) mass is 400 g/mol. The highest BCUT2D eigenvalue weighted by Gasteiger charge is 2.23. The lowest BCUT2D eigenvalue weighted by atomic mass is 10.1. The molecule has 0 fully saturated rings. The molecule has 8 heteroatoms. The first-order valence-corrected chi connectivity index (χ1v) is 8.78. The zero-order chi connectivity index (χ0) is 15.2. The van der Waals surface area contributed by atoms with E-state index in [1.807, 2.05) is 0 Å². The van der Waals surface area contributed by atoms with Crippen LogP contribution in [0.4, 0.5) is 0 Å². The van der Waals surface area contributed by atoms with Crippen LogP contribution < -0.4 is 15.2 Å². The van der Waals surface area contributed by atoms with Crippen molar-refractivity contribution in [3.63, 3.8) is 0 Å². The van der Waals surface area contributed by atoms with Crippen LogP contribution in [0, 0.1) is 0 Å². The van der Waals surface area contributed by atoms with Gasteiger partial charge in [0, 0.05) is 17.1 Å². The lowest BCUT2D eigenvalue weighted by molar-refractivity contribution is 0.401. The summed E-state index contributed by atoms with van der Waals surface area (Å²) in [5, 5.41) is 0. The van der Waals surface area contributed by atoms with Gasteiger partial charge in [-0.2, -0.15) is 0 Å². The molecular weight excluding hydrogens is 380 g/mol. The molecule has 122 valence electrons. The Bertz CT molecular complexity index is 540. The van der Waals surface area contributed by atoms with Crippen LogP contribution >= 0.6 is 28.3 Å². The van der Waals surface area contributed by atoms with Gasteiger partial charge in [-0.25, -0.2) is 13.1 Å². The van der Waals surface area contributed by atoms with E-state index in [4.69, 9.17) is 10.5 Å². The Kier molecular flexibility index (Phi) is 9.48. The maximum absolute atomic E-state index is 12.4. The van der Waals surface area contributed by atoms with Crippen LogP contribution in [-0.4, -0.2) is 28.1 Å². The number of hydrogen-bond donors (Lipinski definition) is 2. The number of halogens is 2. The zero-order valence-electron chi connectivity index (χ0n) is 12.1. The van der Waals surface area contributed by atoms with E-state index >= 15 is 0 Å². The summed E-state index contributed by atoms with van der Waals surface area (Å²) in [4.78, 5) is 0.115. The molecule has 1 aromatic rings. The lowest BCUT2D eigenvalue weighted by Crippen LogP contribution is -2.40. The molecule has 1 aromatic carbocycles. The number of nitrogens with one attached hydrogen (secondary N) is 1. The average Bonchev–Trinajstić information content (AvgIpc) is 2.43. The fourth-order valence-corrected chi connectivity index (χ4v) is 3.81. The van der Waals surface area contributed by atoms with Gasteiger partial charge in [0.25, 0.3) is 0 Å². The third-order valence-corrected chi connectivity index (χ3v) is 4.96. The average molecular weight is 402 g/mol. The molecule has 0 aliphatic carbocycles. The molecule has 0 heterocycles. The second-order valence-corrected chi connectivity index (χ2v) is 7.09. The largest absolute Gasteiger partial charge is 0.495 e. The smallest absolute Gasteiger partial charge is 0.244 e. The van der Waals surface area contributed by atoms with Crippen LogP contribution in [0.25, 0.3) is 0 Å². The molecule has 5 nitrogen and oxygen atoms in total.